The molecule has 122 valence electrons. The maximum atomic E-state index is 5.12. The highest BCUT2D eigenvalue weighted by atomic mass is 15.1. The second-order valence-electron chi connectivity index (χ2n) is 8.93. The van der Waals surface area contributed by atoms with Crippen LogP contribution in [0.15, 0.2) is 9.98 Å². The Hall–Kier alpha value is -0.660. The van der Waals surface area contributed by atoms with Crippen LogP contribution in [0.4, 0.5) is 0 Å². The zero-order valence-corrected chi connectivity index (χ0v) is 15.8. The molecule has 1 rings (SSSR count). The number of hydrogen-bond acceptors (Lipinski definition) is 2. The van der Waals surface area contributed by atoms with Gasteiger partial charge in [0.05, 0.1) is 11.8 Å². The fourth-order valence-electron chi connectivity index (χ4n) is 2.76. The first-order valence-electron chi connectivity index (χ1n) is 8.63. The Morgan fingerprint density at radius 3 is 1.95 bits per heavy atom. The van der Waals surface area contributed by atoms with Crippen molar-refractivity contribution in [1.82, 2.24) is 0 Å². The van der Waals surface area contributed by atoms with Gasteiger partial charge in [0.25, 0.3) is 0 Å². The molecule has 0 aromatic carbocycles. The van der Waals surface area contributed by atoms with Crippen molar-refractivity contribution >= 4 is 11.5 Å². The van der Waals surface area contributed by atoms with Crippen molar-refractivity contribution in [2.75, 3.05) is 0 Å². The van der Waals surface area contributed by atoms with Crippen molar-refractivity contribution in [2.24, 2.45) is 26.2 Å². The molecule has 0 fully saturated rings. The van der Waals surface area contributed by atoms with E-state index in [1.807, 2.05) is 0 Å². The Kier molecular flexibility index (Phi) is 5.45. The van der Waals surface area contributed by atoms with Gasteiger partial charge in [-0.3, -0.25) is 4.99 Å². The molecule has 1 aliphatic rings. The zero-order valence-electron chi connectivity index (χ0n) is 15.8. The van der Waals surface area contributed by atoms with Crippen molar-refractivity contribution in [1.29, 1.82) is 0 Å². The maximum absolute atomic E-state index is 5.12. The SMILES string of the molecule is CCCCC(C)(C)C1=NC(C(C)(C)CC)C(C(C)(C)C)=N1. The molecule has 1 unspecified atom stereocenters. The molecular weight excluding hydrogens is 256 g/mol. The lowest BCUT2D eigenvalue weighted by atomic mass is 9.73. The normalized spacial score (nSPS) is 20.5. The van der Waals surface area contributed by atoms with Gasteiger partial charge in [0.15, 0.2) is 0 Å². The topological polar surface area (TPSA) is 24.7 Å². The first-order valence-corrected chi connectivity index (χ1v) is 8.63. The minimum Gasteiger partial charge on any atom is -0.260 e. The van der Waals surface area contributed by atoms with E-state index in [2.05, 4.69) is 62.3 Å². The molecule has 0 spiro atoms. The lowest BCUT2D eigenvalue weighted by Crippen LogP contribution is -2.39. The van der Waals surface area contributed by atoms with Crippen LogP contribution in [-0.4, -0.2) is 17.6 Å². The number of rotatable bonds is 6. The second kappa shape index (κ2) is 6.22. The predicted molar refractivity (Wildman–Crippen MR) is 95.5 cm³/mol. The summed E-state index contributed by atoms with van der Waals surface area (Å²) in [5.41, 5.74) is 1.62. The van der Waals surface area contributed by atoms with Gasteiger partial charge in [0.2, 0.25) is 0 Å². The number of nitrogens with zero attached hydrogens (tertiary/aromatic N) is 2. The Morgan fingerprint density at radius 2 is 1.52 bits per heavy atom. The highest BCUT2D eigenvalue weighted by Gasteiger charge is 2.42. The van der Waals surface area contributed by atoms with Crippen molar-refractivity contribution in [3.63, 3.8) is 0 Å². The van der Waals surface area contributed by atoms with Gasteiger partial charge in [-0.05, 0) is 18.3 Å². The molecule has 0 radical (unpaired) electrons. The molecule has 0 N–H and O–H groups in total. The molecule has 21 heavy (non-hydrogen) atoms. The van der Waals surface area contributed by atoms with E-state index < -0.39 is 0 Å². The first kappa shape index (κ1) is 18.4. The van der Waals surface area contributed by atoms with Crippen LogP contribution in [0.5, 0.6) is 0 Å². The average Bonchev–Trinajstić information content (AvgIpc) is 2.83. The van der Waals surface area contributed by atoms with Gasteiger partial charge in [-0.1, -0.05) is 75.2 Å². The summed E-state index contributed by atoms with van der Waals surface area (Å²) in [4.78, 5) is 10.2. The van der Waals surface area contributed by atoms with Crippen LogP contribution < -0.4 is 0 Å². The van der Waals surface area contributed by atoms with Gasteiger partial charge < -0.3 is 0 Å². The third kappa shape index (κ3) is 4.17. The molecule has 1 heterocycles. The maximum Gasteiger partial charge on any atom is 0.129 e. The van der Waals surface area contributed by atoms with Gasteiger partial charge in [-0.25, -0.2) is 4.99 Å². The molecule has 0 bridgehead atoms. The summed E-state index contributed by atoms with van der Waals surface area (Å²) in [7, 11) is 0. The fraction of sp³-hybridized carbons (Fsp3) is 0.895. The zero-order chi connectivity index (χ0) is 16.5. The molecule has 0 amide bonds. The van der Waals surface area contributed by atoms with Gasteiger partial charge in [-0.2, -0.15) is 0 Å². The molecule has 1 atom stereocenters. The van der Waals surface area contributed by atoms with E-state index in [0.717, 1.165) is 12.3 Å². The highest BCUT2D eigenvalue weighted by molar-refractivity contribution is 6.10. The quantitative estimate of drug-likeness (QED) is 0.581. The van der Waals surface area contributed by atoms with E-state index in [1.54, 1.807) is 0 Å². The average molecular weight is 293 g/mol. The standard InChI is InChI=1S/C19H36N2/c1-10-12-13-19(8,9)16-20-14(17(3,4)5)15(21-16)18(6,7)11-2/h15H,10-13H2,1-9H3. The van der Waals surface area contributed by atoms with Gasteiger partial charge in [0.1, 0.15) is 5.84 Å². The minimum absolute atomic E-state index is 0.0865. The van der Waals surface area contributed by atoms with Crippen LogP contribution in [-0.2, 0) is 0 Å². The molecule has 1 aliphatic heterocycles. The minimum atomic E-state index is 0.0865. The lowest BCUT2D eigenvalue weighted by Gasteiger charge is -2.34. The fourth-order valence-corrected chi connectivity index (χ4v) is 2.76. The van der Waals surface area contributed by atoms with Crippen molar-refractivity contribution in [2.45, 2.75) is 94.0 Å². The number of amidine groups is 1. The first-order chi connectivity index (χ1) is 9.45. The third-order valence-corrected chi connectivity index (χ3v) is 4.92. The largest absolute Gasteiger partial charge is 0.260 e. The van der Waals surface area contributed by atoms with Crippen molar-refractivity contribution in [3.05, 3.63) is 0 Å². The van der Waals surface area contributed by atoms with Gasteiger partial charge in [-0.15, -0.1) is 0 Å². The predicted octanol–water partition coefficient (Wildman–Crippen LogP) is 5.91. The monoisotopic (exact) mass is 292 g/mol. The van der Waals surface area contributed by atoms with E-state index >= 15 is 0 Å². The summed E-state index contributed by atoms with van der Waals surface area (Å²) >= 11 is 0. The van der Waals surface area contributed by atoms with E-state index in [9.17, 15) is 0 Å². The molecule has 0 aliphatic carbocycles. The summed E-state index contributed by atoms with van der Waals surface area (Å²) in [6.45, 7) is 20.6. The van der Waals surface area contributed by atoms with Crippen LogP contribution in [0.2, 0.25) is 0 Å². The summed E-state index contributed by atoms with van der Waals surface area (Å²) in [5.74, 6) is 1.08. The Bertz CT molecular complexity index is 419. The summed E-state index contributed by atoms with van der Waals surface area (Å²) in [6, 6.07) is 0.235. The Balaban J connectivity index is 3.18. The second-order valence-corrected chi connectivity index (χ2v) is 8.93. The van der Waals surface area contributed by atoms with E-state index in [-0.39, 0.29) is 22.3 Å². The summed E-state index contributed by atoms with van der Waals surface area (Å²) in [5, 5.41) is 0. The van der Waals surface area contributed by atoms with Crippen molar-refractivity contribution in [3.8, 4) is 0 Å². The van der Waals surface area contributed by atoms with Gasteiger partial charge in [0, 0.05) is 10.8 Å². The molecule has 2 heteroatoms. The number of unbranched alkanes of at least 4 members (excludes halogenated alkanes) is 1. The molecular formula is C19H36N2. The molecule has 0 aromatic rings. The van der Waals surface area contributed by atoms with Crippen LogP contribution in [0, 0.1) is 16.2 Å². The van der Waals surface area contributed by atoms with E-state index in [0.29, 0.717) is 0 Å². The molecule has 0 saturated heterocycles. The summed E-state index contributed by atoms with van der Waals surface area (Å²) in [6.07, 6.45) is 4.77. The number of hydrogen-bond donors (Lipinski definition) is 0. The highest BCUT2D eigenvalue weighted by Crippen LogP contribution is 2.40. The molecule has 0 saturated carbocycles. The Labute approximate surface area is 132 Å². The van der Waals surface area contributed by atoms with Crippen LogP contribution in [0.25, 0.3) is 0 Å². The van der Waals surface area contributed by atoms with Crippen molar-refractivity contribution < 1.29 is 0 Å². The molecule has 2 nitrogen and oxygen atoms in total. The third-order valence-electron chi connectivity index (χ3n) is 4.92. The van der Waals surface area contributed by atoms with Crippen LogP contribution in [0.3, 0.4) is 0 Å². The smallest absolute Gasteiger partial charge is 0.129 e. The lowest BCUT2D eigenvalue weighted by molar-refractivity contribution is 0.316. The van der Waals surface area contributed by atoms with E-state index in [4.69, 9.17) is 9.98 Å². The Morgan fingerprint density at radius 1 is 0.952 bits per heavy atom. The van der Waals surface area contributed by atoms with E-state index in [1.165, 1.54) is 25.0 Å². The number of aliphatic imine (C=N–C) groups is 2. The van der Waals surface area contributed by atoms with Gasteiger partial charge >= 0.3 is 0 Å². The molecule has 0 aromatic heterocycles. The van der Waals surface area contributed by atoms with Crippen LogP contribution >= 0.6 is 0 Å². The van der Waals surface area contributed by atoms with Crippen LogP contribution in [0.1, 0.15) is 88.0 Å². The summed E-state index contributed by atoms with van der Waals surface area (Å²) < 4.78 is 0.